The van der Waals surface area contributed by atoms with Crippen molar-refractivity contribution >= 4 is 17.3 Å². The van der Waals surface area contributed by atoms with Crippen molar-refractivity contribution in [1.82, 2.24) is 0 Å². The molecular weight excluding hydrogens is 411 g/mol. The van der Waals surface area contributed by atoms with Crippen molar-refractivity contribution in [2.45, 2.75) is 25.0 Å². The third kappa shape index (κ3) is 6.33. The number of nitrogen functional groups attached to an aromatic ring is 1. The zero-order chi connectivity index (χ0) is 22.9. The first-order valence-electron chi connectivity index (χ1n) is 10.1. The van der Waals surface area contributed by atoms with E-state index in [0.29, 0.717) is 30.0 Å². The third-order valence-electron chi connectivity index (χ3n) is 4.80. The summed E-state index contributed by atoms with van der Waals surface area (Å²) in [5, 5.41) is 22.9. The van der Waals surface area contributed by atoms with Gasteiger partial charge in [0.25, 0.3) is 0 Å². The molecule has 5 N–H and O–H groups in total. The Hall–Kier alpha value is -3.84. The van der Waals surface area contributed by atoms with E-state index in [1.165, 1.54) is 18.2 Å². The second kappa shape index (κ2) is 11.0. The van der Waals surface area contributed by atoms with Crippen molar-refractivity contribution in [1.29, 1.82) is 0 Å². The molecule has 3 rings (SSSR count). The molecule has 0 unspecified atom stereocenters. The second-order valence-corrected chi connectivity index (χ2v) is 7.18. The van der Waals surface area contributed by atoms with Crippen LogP contribution in [-0.2, 0) is 4.79 Å². The van der Waals surface area contributed by atoms with Crippen LogP contribution in [0.5, 0.6) is 11.5 Å². The molecule has 166 valence electrons. The van der Waals surface area contributed by atoms with E-state index in [0.717, 1.165) is 6.07 Å². The summed E-state index contributed by atoms with van der Waals surface area (Å²) in [6, 6.07) is 19.6. The third-order valence-corrected chi connectivity index (χ3v) is 4.80. The molecule has 0 heterocycles. The summed E-state index contributed by atoms with van der Waals surface area (Å²) in [6.45, 7) is 0. The maximum Gasteiger partial charge on any atom is 0.248 e. The number of carbonyl (C=O) groups excluding carboxylic acids is 1. The molecule has 0 aliphatic heterocycles. The first-order chi connectivity index (χ1) is 15.4. The second-order valence-electron chi connectivity index (χ2n) is 7.18. The zero-order valence-corrected chi connectivity index (χ0v) is 17.3. The number of rotatable bonds is 9. The summed E-state index contributed by atoms with van der Waals surface area (Å²) in [7, 11) is 0. The summed E-state index contributed by atoms with van der Waals surface area (Å²) in [5.74, 6) is -1.09. The zero-order valence-electron chi connectivity index (χ0n) is 17.3. The van der Waals surface area contributed by atoms with Gasteiger partial charge in [-0.05, 0) is 60.9 Å². The van der Waals surface area contributed by atoms with E-state index in [1.54, 1.807) is 54.6 Å². The molecule has 32 heavy (non-hydrogen) atoms. The molecule has 3 aromatic rings. The topological polar surface area (TPSA) is 105 Å². The van der Waals surface area contributed by atoms with E-state index in [2.05, 4.69) is 5.32 Å². The lowest BCUT2D eigenvalue weighted by Gasteiger charge is -2.24. The number of aromatic hydroxyl groups is 1. The molecule has 0 radical (unpaired) electrons. The van der Waals surface area contributed by atoms with Crippen LogP contribution in [0.4, 0.5) is 15.8 Å². The number of amides is 1. The predicted octanol–water partition coefficient (Wildman–Crippen LogP) is 4.57. The molecule has 0 bridgehead atoms. The number of nitrogens with one attached hydrogen (secondary N) is 1. The molecule has 0 fully saturated rings. The van der Waals surface area contributed by atoms with Gasteiger partial charge >= 0.3 is 0 Å². The average molecular weight is 436 g/mol. The number of phenolic OH excluding ortho intramolecular Hbond substituents is 1. The maximum atomic E-state index is 13.8. The van der Waals surface area contributed by atoms with Gasteiger partial charge in [-0.25, -0.2) is 4.39 Å². The molecule has 0 saturated heterocycles. The van der Waals surface area contributed by atoms with Crippen molar-refractivity contribution in [2.75, 3.05) is 11.1 Å². The summed E-state index contributed by atoms with van der Waals surface area (Å²) >= 11 is 0. The van der Waals surface area contributed by atoms with Crippen LogP contribution in [0.25, 0.3) is 0 Å². The van der Waals surface area contributed by atoms with Crippen LogP contribution in [0, 0.1) is 5.82 Å². The van der Waals surface area contributed by atoms with Crippen molar-refractivity contribution in [3.05, 3.63) is 96.3 Å². The van der Waals surface area contributed by atoms with Crippen molar-refractivity contribution in [3.63, 3.8) is 0 Å². The smallest absolute Gasteiger partial charge is 0.248 e. The van der Waals surface area contributed by atoms with Gasteiger partial charge in [0.05, 0.1) is 11.4 Å². The van der Waals surface area contributed by atoms with E-state index in [9.17, 15) is 19.4 Å². The Balaban J connectivity index is 1.65. The Labute approximate surface area is 185 Å². The van der Waals surface area contributed by atoms with Crippen LogP contribution in [-0.4, -0.2) is 22.2 Å². The summed E-state index contributed by atoms with van der Waals surface area (Å²) in [5.41, 5.74) is 7.09. The molecule has 0 aliphatic rings. The highest BCUT2D eigenvalue weighted by atomic mass is 19.1. The van der Waals surface area contributed by atoms with Crippen LogP contribution in [0.2, 0.25) is 0 Å². The first kappa shape index (κ1) is 22.8. The molecule has 0 aliphatic carbocycles. The number of aliphatic hydroxyl groups excluding tert-OH is 1. The minimum absolute atomic E-state index is 0.280. The normalized spacial score (nSPS) is 12.9. The van der Waals surface area contributed by atoms with E-state index >= 15 is 0 Å². The highest BCUT2D eigenvalue weighted by Crippen LogP contribution is 2.28. The number of nitrogens with two attached hydrogens (primary N) is 1. The molecule has 1 amide bonds. The lowest BCUT2D eigenvalue weighted by Crippen LogP contribution is -2.25. The number of aliphatic hydroxyl groups is 1. The van der Waals surface area contributed by atoms with Crippen LogP contribution >= 0.6 is 0 Å². The standard InChI is InChI=1S/C25H25FN2O4/c26-19-16-17(14-15-22(19)29)25(31)23(32-18-8-2-1-3-9-18)12-6-7-13-24(30)28-21-11-5-4-10-20(21)27/h1-5,7-11,13-16,23,25,29,31H,6,12,27H2,(H,28,30)/b13-7+/t23-,25-/m1/s1. The number of allylic oxidation sites excluding steroid dienone is 1. The maximum absolute atomic E-state index is 13.8. The average Bonchev–Trinajstić information content (AvgIpc) is 2.79. The number of hydrogen-bond acceptors (Lipinski definition) is 5. The van der Waals surface area contributed by atoms with Crippen LogP contribution in [0.1, 0.15) is 24.5 Å². The number of anilines is 2. The number of hydrogen-bond donors (Lipinski definition) is 4. The molecule has 0 spiro atoms. The fourth-order valence-corrected chi connectivity index (χ4v) is 3.11. The molecule has 2 atom stereocenters. The highest BCUT2D eigenvalue weighted by Gasteiger charge is 2.23. The van der Waals surface area contributed by atoms with Crippen molar-refractivity contribution in [2.24, 2.45) is 0 Å². The fourth-order valence-electron chi connectivity index (χ4n) is 3.11. The molecule has 0 saturated carbocycles. The van der Waals surface area contributed by atoms with Crippen LogP contribution in [0.15, 0.2) is 84.9 Å². The number of phenols is 1. The van der Waals surface area contributed by atoms with Gasteiger partial charge < -0.3 is 26.0 Å². The van der Waals surface area contributed by atoms with E-state index in [-0.39, 0.29) is 11.5 Å². The molecule has 0 aromatic heterocycles. The van der Waals surface area contributed by atoms with Crippen LogP contribution in [0.3, 0.4) is 0 Å². The van der Waals surface area contributed by atoms with Crippen molar-refractivity contribution < 1.29 is 24.1 Å². The van der Waals surface area contributed by atoms with Gasteiger partial charge in [-0.1, -0.05) is 42.5 Å². The Morgan fingerprint density at radius 2 is 1.81 bits per heavy atom. The van der Waals surface area contributed by atoms with Gasteiger partial charge in [0, 0.05) is 0 Å². The summed E-state index contributed by atoms with van der Waals surface area (Å²) in [4.78, 5) is 12.1. The quantitative estimate of drug-likeness (QED) is 0.291. The van der Waals surface area contributed by atoms with Gasteiger partial charge in [0.2, 0.25) is 5.91 Å². The van der Waals surface area contributed by atoms with Gasteiger partial charge in [-0.15, -0.1) is 0 Å². The highest BCUT2D eigenvalue weighted by molar-refractivity contribution is 6.01. The summed E-state index contributed by atoms with van der Waals surface area (Å²) < 4.78 is 19.7. The first-order valence-corrected chi connectivity index (χ1v) is 10.1. The number of carbonyl (C=O) groups is 1. The van der Waals surface area contributed by atoms with E-state index in [4.69, 9.17) is 10.5 Å². The monoisotopic (exact) mass is 436 g/mol. The van der Waals surface area contributed by atoms with Gasteiger partial charge in [-0.2, -0.15) is 0 Å². The number of para-hydroxylation sites is 3. The predicted molar refractivity (Wildman–Crippen MR) is 122 cm³/mol. The van der Waals surface area contributed by atoms with Gasteiger partial charge in [-0.3, -0.25) is 4.79 Å². The number of benzene rings is 3. The van der Waals surface area contributed by atoms with E-state index in [1.807, 2.05) is 6.07 Å². The summed E-state index contributed by atoms with van der Waals surface area (Å²) in [6.07, 6.45) is 1.98. The minimum Gasteiger partial charge on any atom is -0.505 e. The largest absolute Gasteiger partial charge is 0.505 e. The minimum atomic E-state index is -1.14. The van der Waals surface area contributed by atoms with Gasteiger partial charge in [0.1, 0.15) is 18.0 Å². The van der Waals surface area contributed by atoms with Crippen molar-refractivity contribution in [3.8, 4) is 11.5 Å². The Morgan fingerprint density at radius 1 is 1.09 bits per heavy atom. The Kier molecular flexibility index (Phi) is 7.83. The Bertz CT molecular complexity index is 1070. The number of ether oxygens (including phenoxy) is 1. The van der Waals surface area contributed by atoms with E-state index < -0.39 is 23.8 Å². The fraction of sp³-hybridized carbons (Fsp3) is 0.160. The molecule has 3 aromatic carbocycles. The lowest BCUT2D eigenvalue weighted by atomic mass is 10.00. The number of halogens is 1. The lowest BCUT2D eigenvalue weighted by molar-refractivity contribution is -0.111. The molecule has 6 nitrogen and oxygen atoms in total. The molecular formula is C25H25FN2O4. The SMILES string of the molecule is Nc1ccccc1NC(=O)/C=C/CC[C@@H](Oc1ccccc1)[C@H](O)c1ccc(O)c(F)c1. The van der Waals surface area contributed by atoms with Crippen LogP contribution < -0.4 is 15.8 Å². The van der Waals surface area contributed by atoms with Gasteiger partial charge in [0.15, 0.2) is 11.6 Å². The Morgan fingerprint density at radius 3 is 2.53 bits per heavy atom. The molecule has 7 heteroatoms.